The standard InChI is InChI=1S/C20H33N3O2/c1-6-20(5,23-9-11-25-12-10-23)14-21-19(24)22-17(4)18-13-15(2)7-8-16(18)3/h7-8,13,17H,6,9-12,14H2,1-5H3,(H2,21,22,24)/t17-,20-/m0/s1. The fraction of sp³-hybridized carbons (Fsp3) is 0.650. The number of nitrogens with one attached hydrogen (secondary N) is 2. The number of amides is 2. The van der Waals surface area contributed by atoms with Crippen molar-refractivity contribution in [3.8, 4) is 0 Å². The quantitative estimate of drug-likeness (QED) is 0.831. The molecule has 0 unspecified atom stereocenters. The molecule has 25 heavy (non-hydrogen) atoms. The monoisotopic (exact) mass is 347 g/mol. The number of nitrogens with zero attached hydrogens (tertiary/aromatic N) is 1. The van der Waals surface area contributed by atoms with Crippen LogP contribution in [0.4, 0.5) is 4.79 Å². The summed E-state index contributed by atoms with van der Waals surface area (Å²) in [7, 11) is 0. The largest absolute Gasteiger partial charge is 0.379 e. The molecule has 0 aliphatic carbocycles. The number of urea groups is 1. The summed E-state index contributed by atoms with van der Waals surface area (Å²) >= 11 is 0. The van der Waals surface area contributed by atoms with Gasteiger partial charge < -0.3 is 15.4 Å². The number of hydrogen-bond donors (Lipinski definition) is 2. The van der Waals surface area contributed by atoms with Gasteiger partial charge in [-0.15, -0.1) is 0 Å². The van der Waals surface area contributed by atoms with Crippen molar-refractivity contribution >= 4 is 6.03 Å². The second-order valence-electron chi connectivity index (χ2n) is 7.36. The van der Waals surface area contributed by atoms with Crippen LogP contribution in [0.1, 0.15) is 49.9 Å². The molecular formula is C20H33N3O2. The lowest BCUT2D eigenvalue weighted by molar-refractivity contribution is -0.0165. The van der Waals surface area contributed by atoms with Gasteiger partial charge in [0.05, 0.1) is 19.3 Å². The molecule has 1 aromatic carbocycles. The fourth-order valence-electron chi connectivity index (χ4n) is 3.39. The highest BCUT2D eigenvalue weighted by molar-refractivity contribution is 5.74. The van der Waals surface area contributed by atoms with Crippen LogP contribution in [0.2, 0.25) is 0 Å². The van der Waals surface area contributed by atoms with Gasteiger partial charge in [-0.25, -0.2) is 4.79 Å². The number of carbonyl (C=O) groups excluding carboxylic acids is 1. The summed E-state index contributed by atoms with van der Waals surface area (Å²) < 4.78 is 5.45. The smallest absolute Gasteiger partial charge is 0.315 e. The first-order chi connectivity index (χ1) is 11.9. The molecule has 2 amide bonds. The maximum Gasteiger partial charge on any atom is 0.315 e. The second-order valence-corrected chi connectivity index (χ2v) is 7.36. The van der Waals surface area contributed by atoms with E-state index in [1.165, 1.54) is 16.7 Å². The topological polar surface area (TPSA) is 53.6 Å². The Hall–Kier alpha value is -1.59. The molecule has 0 aromatic heterocycles. The summed E-state index contributed by atoms with van der Waals surface area (Å²) in [5, 5.41) is 6.14. The Labute approximate surface area is 152 Å². The highest BCUT2D eigenvalue weighted by Crippen LogP contribution is 2.21. The molecular weight excluding hydrogens is 314 g/mol. The van der Waals surface area contributed by atoms with Crippen molar-refractivity contribution in [2.75, 3.05) is 32.8 Å². The average Bonchev–Trinajstić information content (AvgIpc) is 2.62. The van der Waals surface area contributed by atoms with E-state index in [9.17, 15) is 4.79 Å². The van der Waals surface area contributed by atoms with Gasteiger partial charge in [0.25, 0.3) is 0 Å². The zero-order valence-corrected chi connectivity index (χ0v) is 16.3. The van der Waals surface area contributed by atoms with E-state index in [2.05, 4.69) is 61.4 Å². The minimum atomic E-state index is -0.110. The Morgan fingerprint density at radius 2 is 2.00 bits per heavy atom. The van der Waals surface area contributed by atoms with Crippen LogP contribution in [0.25, 0.3) is 0 Å². The Morgan fingerprint density at radius 3 is 2.64 bits per heavy atom. The van der Waals surface area contributed by atoms with E-state index in [0.717, 1.165) is 32.7 Å². The first kappa shape index (κ1) is 19.7. The molecule has 2 N–H and O–H groups in total. The van der Waals surface area contributed by atoms with Crippen molar-refractivity contribution < 1.29 is 9.53 Å². The van der Waals surface area contributed by atoms with E-state index >= 15 is 0 Å². The summed E-state index contributed by atoms with van der Waals surface area (Å²) in [5.41, 5.74) is 3.54. The molecule has 0 saturated carbocycles. The fourth-order valence-corrected chi connectivity index (χ4v) is 3.39. The highest BCUT2D eigenvalue weighted by atomic mass is 16.5. The summed E-state index contributed by atoms with van der Waals surface area (Å²) in [4.78, 5) is 14.8. The van der Waals surface area contributed by atoms with Crippen molar-refractivity contribution in [3.63, 3.8) is 0 Å². The van der Waals surface area contributed by atoms with Crippen molar-refractivity contribution in [2.24, 2.45) is 0 Å². The van der Waals surface area contributed by atoms with E-state index in [1.807, 2.05) is 6.92 Å². The van der Waals surface area contributed by atoms with Crippen LogP contribution in [0.3, 0.4) is 0 Å². The molecule has 1 aromatic rings. The van der Waals surface area contributed by atoms with Gasteiger partial charge >= 0.3 is 6.03 Å². The molecule has 1 fully saturated rings. The van der Waals surface area contributed by atoms with Crippen LogP contribution in [0, 0.1) is 13.8 Å². The first-order valence-electron chi connectivity index (χ1n) is 9.30. The minimum Gasteiger partial charge on any atom is -0.379 e. The van der Waals surface area contributed by atoms with Crippen LogP contribution in [0.5, 0.6) is 0 Å². The van der Waals surface area contributed by atoms with Gasteiger partial charge in [-0.2, -0.15) is 0 Å². The Kier molecular flexibility index (Phi) is 6.85. The molecule has 1 aliphatic heterocycles. The zero-order valence-electron chi connectivity index (χ0n) is 16.3. The molecule has 0 radical (unpaired) electrons. The van der Waals surface area contributed by atoms with Crippen molar-refractivity contribution in [3.05, 3.63) is 34.9 Å². The van der Waals surface area contributed by atoms with Crippen LogP contribution >= 0.6 is 0 Å². The predicted octanol–water partition coefficient (Wildman–Crippen LogP) is 3.16. The maximum atomic E-state index is 12.4. The molecule has 1 heterocycles. The van der Waals surface area contributed by atoms with Crippen molar-refractivity contribution in [1.82, 2.24) is 15.5 Å². The first-order valence-corrected chi connectivity index (χ1v) is 9.30. The number of ether oxygens (including phenoxy) is 1. The predicted molar refractivity (Wildman–Crippen MR) is 102 cm³/mol. The molecule has 1 saturated heterocycles. The third-order valence-electron chi connectivity index (χ3n) is 5.41. The Morgan fingerprint density at radius 1 is 1.32 bits per heavy atom. The van der Waals surface area contributed by atoms with E-state index < -0.39 is 0 Å². The minimum absolute atomic E-state index is 0.0174. The lowest BCUT2D eigenvalue weighted by atomic mass is 9.95. The summed E-state index contributed by atoms with van der Waals surface area (Å²) in [6.07, 6.45) is 0.986. The molecule has 5 heteroatoms. The number of benzene rings is 1. The number of aryl methyl sites for hydroxylation is 2. The van der Waals surface area contributed by atoms with Gasteiger partial charge in [0.1, 0.15) is 0 Å². The van der Waals surface area contributed by atoms with Crippen molar-refractivity contribution in [2.45, 2.75) is 52.6 Å². The van der Waals surface area contributed by atoms with Gasteiger partial charge in [-0.1, -0.05) is 30.7 Å². The third-order valence-corrected chi connectivity index (χ3v) is 5.41. The number of morpholine rings is 1. The van der Waals surface area contributed by atoms with Gasteiger partial charge in [0.2, 0.25) is 0 Å². The molecule has 0 spiro atoms. The lowest BCUT2D eigenvalue weighted by Gasteiger charge is -2.43. The van der Waals surface area contributed by atoms with Crippen molar-refractivity contribution in [1.29, 1.82) is 0 Å². The van der Waals surface area contributed by atoms with E-state index in [0.29, 0.717) is 6.54 Å². The summed E-state index contributed by atoms with van der Waals surface area (Å²) in [6, 6.07) is 6.22. The summed E-state index contributed by atoms with van der Waals surface area (Å²) in [5.74, 6) is 0. The van der Waals surface area contributed by atoms with Crippen LogP contribution in [0.15, 0.2) is 18.2 Å². The molecule has 5 nitrogen and oxygen atoms in total. The van der Waals surface area contributed by atoms with Gasteiger partial charge in [-0.3, -0.25) is 4.90 Å². The average molecular weight is 348 g/mol. The zero-order chi connectivity index (χ0) is 18.4. The second kappa shape index (κ2) is 8.68. The molecule has 0 bridgehead atoms. The third kappa shape index (κ3) is 5.19. The number of hydrogen-bond acceptors (Lipinski definition) is 3. The highest BCUT2D eigenvalue weighted by Gasteiger charge is 2.31. The van der Waals surface area contributed by atoms with E-state index in [1.54, 1.807) is 0 Å². The summed E-state index contributed by atoms with van der Waals surface area (Å²) in [6.45, 7) is 14.6. The van der Waals surface area contributed by atoms with E-state index in [4.69, 9.17) is 4.74 Å². The van der Waals surface area contributed by atoms with Crippen LogP contribution in [-0.4, -0.2) is 49.3 Å². The van der Waals surface area contributed by atoms with Gasteiger partial charge in [0, 0.05) is 25.2 Å². The Balaban J connectivity index is 1.91. The van der Waals surface area contributed by atoms with E-state index in [-0.39, 0.29) is 17.6 Å². The molecule has 140 valence electrons. The van der Waals surface area contributed by atoms with Crippen LogP contribution < -0.4 is 10.6 Å². The molecule has 2 rings (SSSR count). The number of carbonyl (C=O) groups is 1. The SMILES string of the molecule is CC[C@@](C)(CNC(=O)N[C@@H](C)c1cc(C)ccc1C)N1CCOCC1. The molecule has 2 atom stereocenters. The normalized spacial score (nSPS) is 19.1. The Bertz CT molecular complexity index is 584. The lowest BCUT2D eigenvalue weighted by Crippen LogP contribution is -2.57. The van der Waals surface area contributed by atoms with Gasteiger partial charge in [-0.05, 0) is 45.2 Å². The maximum absolute atomic E-state index is 12.4. The molecule has 1 aliphatic rings. The number of rotatable bonds is 6. The van der Waals surface area contributed by atoms with Crippen LogP contribution in [-0.2, 0) is 4.74 Å². The van der Waals surface area contributed by atoms with Gasteiger partial charge in [0.15, 0.2) is 0 Å².